The molecule has 1 aliphatic rings. The molecule has 0 aliphatic heterocycles. The zero-order chi connectivity index (χ0) is 12.3. The molecule has 17 heavy (non-hydrogen) atoms. The molecule has 2 N–H and O–H groups in total. The first-order valence-corrected chi connectivity index (χ1v) is 6.87. The molecule has 0 bridgehead atoms. The highest BCUT2D eigenvalue weighted by molar-refractivity contribution is 7.11. The van der Waals surface area contributed by atoms with E-state index >= 15 is 0 Å². The van der Waals surface area contributed by atoms with Gasteiger partial charge in [0.15, 0.2) is 0 Å². The van der Waals surface area contributed by atoms with Gasteiger partial charge in [-0.15, -0.1) is 11.3 Å². The number of nitrogens with zero attached hydrogens (tertiary/aromatic N) is 1. The third-order valence-electron chi connectivity index (χ3n) is 3.15. The normalized spacial score (nSPS) is 16.5. The molecule has 0 amide bonds. The van der Waals surface area contributed by atoms with Gasteiger partial charge in [-0.2, -0.15) is 0 Å². The van der Waals surface area contributed by atoms with Crippen LogP contribution >= 0.6 is 11.3 Å². The number of rotatable bonds is 5. The third kappa shape index (κ3) is 3.51. The maximum absolute atomic E-state index is 10.7. The lowest BCUT2D eigenvalue weighted by atomic mass is 10.2. The Bertz CT molecular complexity index is 397. The molecule has 0 atom stereocenters. The highest BCUT2D eigenvalue weighted by atomic mass is 32.1. The molecule has 94 valence electrons. The number of aryl methyl sites for hydroxylation is 1. The van der Waals surface area contributed by atoms with Crippen LogP contribution in [-0.4, -0.2) is 22.1 Å². The fraction of sp³-hybridized carbons (Fsp3) is 0.667. The van der Waals surface area contributed by atoms with Crippen LogP contribution in [0, 0.1) is 6.92 Å². The minimum Gasteiger partial charge on any atom is -0.481 e. The van der Waals surface area contributed by atoms with Crippen molar-refractivity contribution in [1.82, 2.24) is 10.3 Å². The Labute approximate surface area is 105 Å². The number of hydrogen-bond donors (Lipinski definition) is 2. The molecular weight excluding hydrogens is 236 g/mol. The van der Waals surface area contributed by atoms with Gasteiger partial charge in [0.25, 0.3) is 0 Å². The molecule has 0 radical (unpaired) electrons. The summed E-state index contributed by atoms with van der Waals surface area (Å²) >= 11 is 1.52. The first-order chi connectivity index (χ1) is 8.15. The second-order valence-electron chi connectivity index (χ2n) is 4.55. The Morgan fingerprint density at radius 1 is 1.53 bits per heavy atom. The number of aromatic nitrogens is 1. The highest BCUT2D eigenvalue weighted by Crippen LogP contribution is 2.21. The van der Waals surface area contributed by atoms with Crippen LogP contribution in [0.15, 0.2) is 0 Å². The molecule has 1 aliphatic carbocycles. The van der Waals surface area contributed by atoms with Crippen molar-refractivity contribution in [3.8, 4) is 0 Å². The van der Waals surface area contributed by atoms with Crippen LogP contribution in [0.1, 0.15) is 41.3 Å². The summed E-state index contributed by atoms with van der Waals surface area (Å²) in [6, 6.07) is 0.627. The van der Waals surface area contributed by atoms with E-state index < -0.39 is 5.97 Å². The molecule has 5 heteroatoms. The maximum Gasteiger partial charge on any atom is 0.308 e. The number of hydrogen-bond acceptors (Lipinski definition) is 4. The molecule has 1 heterocycles. The topological polar surface area (TPSA) is 62.2 Å². The second-order valence-corrected chi connectivity index (χ2v) is 5.72. The molecule has 0 spiro atoms. The molecule has 1 fully saturated rings. The zero-order valence-corrected chi connectivity index (χ0v) is 10.8. The molecule has 0 unspecified atom stereocenters. The predicted octanol–water partition coefficient (Wildman–Crippen LogP) is 2.11. The van der Waals surface area contributed by atoms with E-state index in [0.29, 0.717) is 6.04 Å². The van der Waals surface area contributed by atoms with Crippen molar-refractivity contribution in [3.63, 3.8) is 0 Å². The Hall–Kier alpha value is -0.940. The minimum atomic E-state index is -0.785. The molecule has 0 saturated heterocycles. The van der Waals surface area contributed by atoms with E-state index in [1.165, 1.54) is 37.0 Å². The fourth-order valence-corrected chi connectivity index (χ4v) is 3.24. The van der Waals surface area contributed by atoms with E-state index in [1.807, 2.05) is 6.92 Å². The van der Waals surface area contributed by atoms with Crippen molar-refractivity contribution in [2.75, 3.05) is 0 Å². The average molecular weight is 254 g/mol. The first kappa shape index (κ1) is 12.5. The first-order valence-electron chi connectivity index (χ1n) is 6.05. The quantitative estimate of drug-likeness (QED) is 0.845. The Kier molecular flexibility index (Phi) is 4.12. The lowest BCUT2D eigenvalue weighted by molar-refractivity contribution is -0.136. The van der Waals surface area contributed by atoms with Crippen LogP contribution in [0.3, 0.4) is 0 Å². The Balaban J connectivity index is 1.90. The molecule has 1 aromatic heterocycles. The third-order valence-corrected chi connectivity index (χ3v) is 4.30. The molecule has 4 nitrogen and oxygen atoms in total. The van der Waals surface area contributed by atoms with Gasteiger partial charge in [0.1, 0.15) is 5.01 Å². The van der Waals surface area contributed by atoms with E-state index in [4.69, 9.17) is 5.11 Å². The molecule has 2 rings (SSSR count). The number of aliphatic carboxylic acids is 1. The summed E-state index contributed by atoms with van der Waals surface area (Å²) in [5, 5.41) is 13.3. The lowest BCUT2D eigenvalue weighted by Crippen LogP contribution is -2.25. The molecule has 1 aromatic rings. The monoisotopic (exact) mass is 254 g/mol. The number of carbonyl (C=O) groups is 1. The van der Waals surface area contributed by atoms with Crippen LogP contribution in [-0.2, 0) is 17.8 Å². The van der Waals surface area contributed by atoms with Crippen molar-refractivity contribution < 1.29 is 9.90 Å². The summed E-state index contributed by atoms with van der Waals surface area (Å²) in [6.45, 7) is 2.66. The lowest BCUT2D eigenvalue weighted by Gasteiger charge is -2.09. The van der Waals surface area contributed by atoms with E-state index in [0.717, 1.165) is 22.1 Å². The van der Waals surface area contributed by atoms with E-state index in [9.17, 15) is 4.79 Å². The van der Waals surface area contributed by atoms with Crippen molar-refractivity contribution >= 4 is 17.3 Å². The van der Waals surface area contributed by atoms with Crippen LogP contribution in [0.5, 0.6) is 0 Å². The standard InChI is InChI=1S/C12H18N2O2S/c1-8-10(6-12(15)16)17-11(14-8)7-13-9-4-2-3-5-9/h9,13H,2-7H2,1H3,(H,15,16). The van der Waals surface area contributed by atoms with Crippen LogP contribution in [0.2, 0.25) is 0 Å². The van der Waals surface area contributed by atoms with Crippen molar-refractivity contribution in [1.29, 1.82) is 0 Å². The minimum absolute atomic E-state index is 0.0902. The molecule has 0 aromatic carbocycles. The van der Waals surface area contributed by atoms with Crippen LogP contribution in [0.25, 0.3) is 0 Å². The summed E-state index contributed by atoms with van der Waals surface area (Å²) < 4.78 is 0. The number of carboxylic acids is 1. The highest BCUT2D eigenvalue weighted by Gasteiger charge is 2.16. The van der Waals surface area contributed by atoms with Crippen molar-refractivity contribution in [2.24, 2.45) is 0 Å². The number of nitrogens with one attached hydrogen (secondary N) is 1. The summed E-state index contributed by atoms with van der Waals surface area (Å²) in [4.78, 5) is 16.0. The zero-order valence-electron chi connectivity index (χ0n) is 10.0. The molecule has 1 saturated carbocycles. The van der Waals surface area contributed by atoms with E-state index in [-0.39, 0.29) is 6.42 Å². The summed E-state index contributed by atoms with van der Waals surface area (Å²) in [6.07, 6.45) is 5.24. The predicted molar refractivity (Wildman–Crippen MR) is 67.3 cm³/mol. The van der Waals surface area contributed by atoms with Gasteiger partial charge >= 0.3 is 5.97 Å². The molecular formula is C12H18N2O2S. The SMILES string of the molecule is Cc1nc(CNC2CCCC2)sc1CC(=O)O. The van der Waals surface area contributed by atoms with Crippen molar-refractivity contribution in [3.05, 3.63) is 15.6 Å². The van der Waals surface area contributed by atoms with Crippen LogP contribution < -0.4 is 5.32 Å². The maximum atomic E-state index is 10.7. The number of carboxylic acid groups (broad SMARTS) is 1. The summed E-state index contributed by atoms with van der Waals surface area (Å²) in [5.41, 5.74) is 0.862. The van der Waals surface area contributed by atoms with Gasteiger partial charge in [-0.3, -0.25) is 4.79 Å². The van der Waals surface area contributed by atoms with Crippen LogP contribution in [0.4, 0.5) is 0 Å². The fourth-order valence-electron chi connectivity index (χ4n) is 2.23. The van der Waals surface area contributed by atoms with Crippen molar-refractivity contribution in [2.45, 2.75) is 51.6 Å². The summed E-state index contributed by atoms with van der Waals surface area (Å²) in [5.74, 6) is -0.785. The van der Waals surface area contributed by atoms with Gasteiger partial charge in [0.05, 0.1) is 12.1 Å². The van der Waals surface area contributed by atoms with E-state index in [2.05, 4.69) is 10.3 Å². The van der Waals surface area contributed by atoms with Gasteiger partial charge in [-0.1, -0.05) is 12.8 Å². The Morgan fingerprint density at radius 3 is 2.88 bits per heavy atom. The van der Waals surface area contributed by atoms with Gasteiger partial charge in [0, 0.05) is 17.5 Å². The Morgan fingerprint density at radius 2 is 2.24 bits per heavy atom. The van der Waals surface area contributed by atoms with Gasteiger partial charge in [-0.05, 0) is 19.8 Å². The smallest absolute Gasteiger partial charge is 0.308 e. The second kappa shape index (κ2) is 5.60. The van der Waals surface area contributed by atoms with E-state index in [1.54, 1.807) is 0 Å². The summed E-state index contributed by atoms with van der Waals surface area (Å²) in [7, 11) is 0. The van der Waals surface area contributed by atoms with Gasteiger partial charge < -0.3 is 10.4 Å². The largest absolute Gasteiger partial charge is 0.481 e. The average Bonchev–Trinajstić information content (AvgIpc) is 2.86. The number of thiazole rings is 1. The van der Waals surface area contributed by atoms with Gasteiger partial charge in [-0.25, -0.2) is 4.98 Å². The van der Waals surface area contributed by atoms with Gasteiger partial charge in [0.2, 0.25) is 0 Å².